The van der Waals surface area contributed by atoms with Crippen molar-refractivity contribution in [3.8, 4) is 0 Å². The van der Waals surface area contributed by atoms with Crippen LogP contribution in [0.2, 0.25) is 0 Å². The predicted molar refractivity (Wildman–Crippen MR) is 55.0 cm³/mol. The van der Waals surface area contributed by atoms with Crippen LogP contribution in [0.5, 0.6) is 0 Å². The summed E-state index contributed by atoms with van der Waals surface area (Å²) in [4.78, 5) is 26.5. The summed E-state index contributed by atoms with van der Waals surface area (Å²) >= 11 is 0. The fraction of sp³-hybridized carbons (Fsp3) is 0.800. The molecule has 2 amide bonds. The highest BCUT2D eigenvalue weighted by atomic mass is 16.2. The van der Waals surface area contributed by atoms with Crippen LogP contribution in [-0.2, 0) is 9.59 Å². The number of hydrogen-bond donors (Lipinski definition) is 1. The van der Waals surface area contributed by atoms with Crippen LogP contribution in [0.3, 0.4) is 0 Å². The summed E-state index contributed by atoms with van der Waals surface area (Å²) in [6.45, 7) is 2.58. The van der Waals surface area contributed by atoms with Crippen molar-refractivity contribution in [2.45, 2.75) is 25.3 Å². The fourth-order valence-corrected chi connectivity index (χ4v) is 2.19. The summed E-state index contributed by atoms with van der Waals surface area (Å²) in [6, 6.07) is 0.187. The van der Waals surface area contributed by atoms with Gasteiger partial charge in [-0.2, -0.15) is 0 Å². The molecule has 2 fully saturated rings. The van der Waals surface area contributed by atoms with Gasteiger partial charge in [-0.25, -0.2) is 0 Å². The third-order valence-corrected chi connectivity index (χ3v) is 3.04. The molecule has 0 aromatic rings. The van der Waals surface area contributed by atoms with E-state index in [2.05, 4.69) is 0 Å². The Hall–Kier alpha value is -0.940. The van der Waals surface area contributed by atoms with E-state index >= 15 is 0 Å². The van der Waals surface area contributed by atoms with Gasteiger partial charge in [0, 0.05) is 32.1 Å². The Kier molecular flexibility index (Phi) is 3.02. The number of hydrogen-bond acceptors (Lipinski definition) is 4. The summed E-state index contributed by atoms with van der Waals surface area (Å²) in [5.41, 5.74) is 5.75. The van der Waals surface area contributed by atoms with E-state index in [1.54, 1.807) is 0 Å². The number of nitrogens with zero attached hydrogens (tertiary/aromatic N) is 2. The third-order valence-electron chi connectivity index (χ3n) is 3.04. The SMILES string of the molecule is NC1CCN(CC(=O)N2CCCC2=O)C1. The van der Waals surface area contributed by atoms with E-state index in [1.807, 2.05) is 4.90 Å². The van der Waals surface area contributed by atoms with Crippen LogP contribution in [0.1, 0.15) is 19.3 Å². The number of amides is 2. The minimum atomic E-state index is -0.0633. The lowest BCUT2D eigenvalue weighted by molar-refractivity contribution is -0.142. The van der Waals surface area contributed by atoms with Crippen molar-refractivity contribution in [2.24, 2.45) is 5.73 Å². The molecule has 2 aliphatic rings. The van der Waals surface area contributed by atoms with E-state index in [0.29, 0.717) is 19.5 Å². The van der Waals surface area contributed by atoms with Crippen LogP contribution >= 0.6 is 0 Å². The Morgan fingerprint density at radius 2 is 2.27 bits per heavy atom. The van der Waals surface area contributed by atoms with Crippen LogP contribution in [0, 0.1) is 0 Å². The standard InChI is InChI=1S/C10H17N3O2/c11-8-3-5-12(6-8)7-10(15)13-4-1-2-9(13)14/h8H,1-7,11H2. The Labute approximate surface area is 89.2 Å². The molecule has 5 nitrogen and oxygen atoms in total. The van der Waals surface area contributed by atoms with Crippen molar-refractivity contribution < 1.29 is 9.59 Å². The Morgan fingerprint density at radius 1 is 1.47 bits per heavy atom. The van der Waals surface area contributed by atoms with E-state index < -0.39 is 0 Å². The molecule has 0 aromatic carbocycles. The number of rotatable bonds is 2. The summed E-state index contributed by atoms with van der Waals surface area (Å²) in [6.07, 6.45) is 2.27. The number of likely N-dealkylation sites (tertiary alicyclic amines) is 2. The lowest BCUT2D eigenvalue weighted by Crippen LogP contribution is -2.40. The molecule has 5 heteroatoms. The number of imide groups is 1. The smallest absolute Gasteiger partial charge is 0.243 e. The fourth-order valence-electron chi connectivity index (χ4n) is 2.19. The van der Waals surface area contributed by atoms with Gasteiger partial charge in [-0.3, -0.25) is 19.4 Å². The number of carbonyl (C=O) groups is 2. The minimum absolute atomic E-state index is 0.0245. The summed E-state index contributed by atoms with van der Waals surface area (Å²) in [7, 11) is 0. The van der Waals surface area contributed by atoms with Gasteiger partial charge in [-0.05, 0) is 12.8 Å². The van der Waals surface area contributed by atoms with E-state index in [0.717, 1.165) is 25.9 Å². The molecule has 1 unspecified atom stereocenters. The summed E-state index contributed by atoms with van der Waals surface area (Å²) in [5.74, 6) is -0.0879. The average molecular weight is 211 g/mol. The highest BCUT2D eigenvalue weighted by Crippen LogP contribution is 2.12. The Balaban J connectivity index is 1.84. The Bertz CT molecular complexity index is 280. The molecule has 2 N–H and O–H groups in total. The molecule has 0 aliphatic carbocycles. The van der Waals surface area contributed by atoms with E-state index in [1.165, 1.54) is 4.90 Å². The summed E-state index contributed by atoms with van der Waals surface area (Å²) in [5, 5.41) is 0. The molecule has 15 heavy (non-hydrogen) atoms. The molecule has 2 rings (SSSR count). The van der Waals surface area contributed by atoms with E-state index in [4.69, 9.17) is 5.73 Å². The summed E-state index contributed by atoms with van der Waals surface area (Å²) < 4.78 is 0. The largest absolute Gasteiger partial charge is 0.326 e. The molecular formula is C10H17N3O2. The van der Waals surface area contributed by atoms with Gasteiger partial charge in [0.05, 0.1) is 6.54 Å². The molecule has 0 saturated carbocycles. The van der Waals surface area contributed by atoms with E-state index in [-0.39, 0.29) is 17.9 Å². The maximum Gasteiger partial charge on any atom is 0.243 e. The first-order valence-electron chi connectivity index (χ1n) is 5.48. The number of nitrogens with two attached hydrogens (primary N) is 1. The van der Waals surface area contributed by atoms with Crippen LogP contribution in [0.25, 0.3) is 0 Å². The van der Waals surface area contributed by atoms with Crippen molar-refractivity contribution >= 4 is 11.8 Å². The molecule has 0 spiro atoms. The van der Waals surface area contributed by atoms with Gasteiger partial charge in [0.15, 0.2) is 0 Å². The monoisotopic (exact) mass is 211 g/mol. The van der Waals surface area contributed by atoms with Crippen molar-refractivity contribution in [1.82, 2.24) is 9.80 Å². The first-order valence-corrected chi connectivity index (χ1v) is 5.48. The molecular weight excluding hydrogens is 194 g/mol. The quantitative estimate of drug-likeness (QED) is 0.647. The predicted octanol–water partition coefficient (Wildman–Crippen LogP) is -0.832. The third kappa shape index (κ3) is 2.35. The van der Waals surface area contributed by atoms with Crippen molar-refractivity contribution in [3.63, 3.8) is 0 Å². The normalized spacial score (nSPS) is 27.7. The maximum atomic E-state index is 11.7. The molecule has 0 aromatic heterocycles. The van der Waals surface area contributed by atoms with Gasteiger partial charge in [0.2, 0.25) is 11.8 Å². The first kappa shape index (κ1) is 10.6. The molecule has 0 bridgehead atoms. The van der Waals surface area contributed by atoms with Gasteiger partial charge >= 0.3 is 0 Å². The Morgan fingerprint density at radius 3 is 2.80 bits per heavy atom. The van der Waals surface area contributed by atoms with Crippen LogP contribution < -0.4 is 5.73 Å². The highest BCUT2D eigenvalue weighted by molar-refractivity contribution is 5.97. The minimum Gasteiger partial charge on any atom is -0.326 e. The molecule has 84 valence electrons. The average Bonchev–Trinajstić information content (AvgIpc) is 2.75. The highest BCUT2D eigenvalue weighted by Gasteiger charge is 2.29. The van der Waals surface area contributed by atoms with Crippen molar-refractivity contribution in [2.75, 3.05) is 26.2 Å². The second-order valence-corrected chi connectivity index (χ2v) is 4.33. The molecule has 2 aliphatic heterocycles. The van der Waals surface area contributed by atoms with Crippen molar-refractivity contribution in [1.29, 1.82) is 0 Å². The van der Waals surface area contributed by atoms with Crippen LogP contribution in [0.15, 0.2) is 0 Å². The molecule has 1 atom stereocenters. The first-order chi connectivity index (χ1) is 7.16. The van der Waals surface area contributed by atoms with Gasteiger partial charge in [0.1, 0.15) is 0 Å². The lowest BCUT2D eigenvalue weighted by atomic mass is 10.3. The van der Waals surface area contributed by atoms with Gasteiger partial charge < -0.3 is 5.73 Å². The molecule has 2 heterocycles. The van der Waals surface area contributed by atoms with E-state index in [9.17, 15) is 9.59 Å². The number of carbonyl (C=O) groups excluding carboxylic acids is 2. The molecule has 0 radical (unpaired) electrons. The van der Waals surface area contributed by atoms with Crippen LogP contribution in [0.4, 0.5) is 0 Å². The molecule has 2 saturated heterocycles. The zero-order valence-corrected chi connectivity index (χ0v) is 8.82. The zero-order valence-electron chi connectivity index (χ0n) is 8.82. The van der Waals surface area contributed by atoms with Gasteiger partial charge in [0.25, 0.3) is 0 Å². The lowest BCUT2D eigenvalue weighted by Gasteiger charge is -2.19. The van der Waals surface area contributed by atoms with Gasteiger partial charge in [-0.15, -0.1) is 0 Å². The second-order valence-electron chi connectivity index (χ2n) is 4.33. The zero-order chi connectivity index (χ0) is 10.8. The maximum absolute atomic E-state index is 11.7. The van der Waals surface area contributed by atoms with Gasteiger partial charge in [-0.1, -0.05) is 0 Å². The second kappa shape index (κ2) is 4.28. The topological polar surface area (TPSA) is 66.6 Å². The van der Waals surface area contributed by atoms with Crippen molar-refractivity contribution in [3.05, 3.63) is 0 Å². The van der Waals surface area contributed by atoms with Crippen LogP contribution in [-0.4, -0.2) is 53.8 Å².